The predicted molar refractivity (Wildman–Crippen MR) is 84.9 cm³/mol. The Hall–Kier alpha value is -1.20. The van der Waals surface area contributed by atoms with Crippen LogP contribution in [0.25, 0.3) is 0 Å². The minimum absolute atomic E-state index is 0.000998. The van der Waals surface area contributed by atoms with Crippen molar-refractivity contribution in [3.63, 3.8) is 0 Å². The number of rotatable bonds is 4. The summed E-state index contributed by atoms with van der Waals surface area (Å²) in [6.45, 7) is 2.44. The van der Waals surface area contributed by atoms with E-state index in [0.29, 0.717) is 17.3 Å². The van der Waals surface area contributed by atoms with E-state index in [4.69, 9.17) is 16.7 Å². The Morgan fingerprint density at radius 1 is 1.52 bits per heavy atom. The summed E-state index contributed by atoms with van der Waals surface area (Å²) in [6.07, 6.45) is 0.000998. The quantitative estimate of drug-likeness (QED) is 0.924. The minimum Gasteiger partial charge on any atom is -0.481 e. The van der Waals surface area contributed by atoms with Crippen LogP contribution in [0.4, 0.5) is 0 Å². The van der Waals surface area contributed by atoms with Gasteiger partial charge in [-0.2, -0.15) is 11.8 Å². The van der Waals surface area contributed by atoms with E-state index in [1.807, 2.05) is 19.1 Å². The Kier molecular flexibility index (Phi) is 5.53. The largest absolute Gasteiger partial charge is 0.481 e. The summed E-state index contributed by atoms with van der Waals surface area (Å²) in [6, 6.07) is 7.03. The Morgan fingerprint density at radius 2 is 2.29 bits per heavy atom. The monoisotopic (exact) mass is 327 g/mol. The second kappa shape index (κ2) is 7.18. The molecule has 2 atom stereocenters. The van der Waals surface area contributed by atoms with Crippen LogP contribution in [0, 0.1) is 0 Å². The van der Waals surface area contributed by atoms with Crippen molar-refractivity contribution in [1.82, 2.24) is 4.90 Å². The van der Waals surface area contributed by atoms with E-state index in [1.54, 1.807) is 28.8 Å². The van der Waals surface area contributed by atoms with Gasteiger partial charge in [-0.3, -0.25) is 9.59 Å². The number of hydrogen-bond acceptors (Lipinski definition) is 3. The van der Waals surface area contributed by atoms with Crippen LogP contribution >= 0.6 is 23.4 Å². The zero-order chi connectivity index (χ0) is 15.4. The highest BCUT2D eigenvalue weighted by Gasteiger charge is 2.31. The fraction of sp³-hybridized carbons (Fsp3) is 0.467. The van der Waals surface area contributed by atoms with Crippen LogP contribution in [0.5, 0.6) is 0 Å². The van der Waals surface area contributed by atoms with Gasteiger partial charge in [0.1, 0.15) is 0 Å². The second-order valence-electron chi connectivity index (χ2n) is 5.13. The van der Waals surface area contributed by atoms with E-state index in [1.165, 1.54) is 0 Å². The summed E-state index contributed by atoms with van der Waals surface area (Å²) >= 11 is 7.67. The standard InChI is InChI=1S/C15H18ClNO3S/c1-10(11-3-2-4-12(16)7-11)15(20)17-5-6-21-9-13(17)8-14(18)19/h2-4,7,10,13H,5-6,8-9H2,1H3,(H,18,19). The lowest BCUT2D eigenvalue weighted by molar-refractivity contribution is -0.140. The first-order valence-electron chi connectivity index (χ1n) is 6.84. The lowest BCUT2D eigenvalue weighted by atomic mass is 9.98. The fourth-order valence-electron chi connectivity index (χ4n) is 2.48. The van der Waals surface area contributed by atoms with Crippen LogP contribution in [0.15, 0.2) is 24.3 Å². The smallest absolute Gasteiger partial charge is 0.305 e. The second-order valence-corrected chi connectivity index (χ2v) is 6.72. The number of carboxylic acid groups (broad SMARTS) is 1. The number of thioether (sulfide) groups is 1. The van der Waals surface area contributed by atoms with Crippen molar-refractivity contribution in [3.8, 4) is 0 Å². The van der Waals surface area contributed by atoms with E-state index < -0.39 is 5.97 Å². The highest BCUT2D eigenvalue weighted by atomic mass is 35.5. The van der Waals surface area contributed by atoms with Gasteiger partial charge in [-0.15, -0.1) is 0 Å². The molecule has 2 rings (SSSR count). The molecule has 1 heterocycles. The van der Waals surface area contributed by atoms with Crippen molar-refractivity contribution in [2.75, 3.05) is 18.1 Å². The fourth-order valence-corrected chi connectivity index (χ4v) is 3.74. The molecular formula is C15H18ClNO3S. The van der Waals surface area contributed by atoms with Gasteiger partial charge in [0.05, 0.1) is 18.4 Å². The molecule has 1 aromatic carbocycles. The van der Waals surface area contributed by atoms with Gasteiger partial charge >= 0.3 is 5.97 Å². The summed E-state index contributed by atoms with van der Waals surface area (Å²) < 4.78 is 0. The normalized spacial score (nSPS) is 20.1. The average Bonchev–Trinajstić information content (AvgIpc) is 2.46. The van der Waals surface area contributed by atoms with E-state index in [9.17, 15) is 9.59 Å². The summed E-state index contributed by atoms with van der Waals surface area (Å²) in [5.41, 5.74) is 0.861. The van der Waals surface area contributed by atoms with Crippen molar-refractivity contribution in [2.24, 2.45) is 0 Å². The number of halogens is 1. The van der Waals surface area contributed by atoms with Crippen molar-refractivity contribution < 1.29 is 14.7 Å². The van der Waals surface area contributed by atoms with Gasteiger partial charge in [0.25, 0.3) is 0 Å². The molecule has 1 fully saturated rings. The van der Waals surface area contributed by atoms with Gasteiger partial charge in [-0.05, 0) is 24.6 Å². The van der Waals surface area contributed by atoms with Gasteiger partial charge in [-0.25, -0.2) is 0 Å². The molecule has 1 amide bonds. The van der Waals surface area contributed by atoms with E-state index >= 15 is 0 Å². The van der Waals surface area contributed by atoms with Crippen LogP contribution in [-0.2, 0) is 9.59 Å². The lowest BCUT2D eigenvalue weighted by Gasteiger charge is -2.36. The highest BCUT2D eigenvalue weighted by Crippen LogP contribution is 2.26. The molecule has 1 N–H and O–H groups in total. The lowest BCUT2D eigenvalue weighted by Crippen LogP contribution is -2.48. The first kappa shape index (κ1) is 16.2. The summed E-state index contributed by atoms with van der Waals surface area (Å²) in [5.74, 6) is 0.326. The molecule has 0 bridgehead atoms. The number of carbonyl (C=O) groups is 2. The van der Waals surface area contributed by atoms with Crippen LogP contribution in [0.3, 0.4) is 0 Å². The number of carbonyl (C=O) groups excluding carboxylic acids is 1. The minimum atomic E-state index is -0.865. The number of benzene rings is 1. The Balaban J connectivity index is 2.14. The molecule has 1 aromatic rings. The van der Waals surface area contributed by atoms with Crippen LogP contribution < -0.4 is 0 Å². The predicted octanol–water partition coefficient (Wildman–Crippen LogP) is 2.86. The molecule has 2 unspecified atom stereocenters. The summed E-state index contributed by atoms with van der Waals surface area (Å²) in [5, 5.41) is 9.59. The number of aliphatic carboxylic acids is 1. The third kappa shape index (κ3) is 4.14. The average molecular weight is 328 g/mol. The summed E-state index contributed by atoms with van der Waals surface area (Å²) in [7, 11) is 0. The van der Waals surface area contributed by atoms with Crippen molar-refractivity contribution >= 4 is 35.2 Å². The molecule has 1 aliphatic rings. The topological polar surface area (TPSA) is 57.6 Å². The first-order valence-corrected chi connectivity index (χ1v) is 8.38. The number of nitrogens with zero attached hydrogens (tertiary/aromatic N) is 1. The summed E-state index contributed by atoms with van der Waals surface area (Å²) in [4.78, 5) is 25.4. The van der Waals surface area contributed by atoms with Crippen molar-refractivity contribution in [3.05, 3.63) is 34.9 Å². The van der Waals surface area contributed by atoms with Crippen LogP contribution in [0.1, 0.15) is 24.8 Å². The Bertz CT molecular complexity index is 537. The highest BCUT2D eigenvalue weighted by molar-refractivity contribution is 7.99. The first-order chi connectivity index (χ1) is 9.99. The van der Waals surface area contributed by atoms with E-state index in [-0.39, 0.29) is 24.3 Å². The molecule has 0 radical (unpaired) electrons. The molecule has 1 aliphatic heterocycles. The molecule has 6 heteroatoms. The van der Waals surface area contributed by atoms with Gasteiger partial charge in [0, 0.05) is 23.1 Å². The molecule has 21 heavy (non-hydrogen) atoms. The maximum atomic E-state index is 12.7. The Labute approximate surface area is 133 Å². The van der Waals surface area contributed by atoms with E-state index in [0.717, 1.165) is 11.3 Å². The Morgan fingerprint density at radius 3 is 2.95 bits per heavy atom. The molecule has 4 nitrogen and oxygen atoms in total. The molecular weight excluding hydrogens is 310 g/mol. The van der Waals surface area contributed by atoms with Crippen molar-refractivity contribution in [1.29, 1.82) is 0 Å². The van der Waals surface area contributed by atoms with Gasteiger partial charge in [0.2, 0.25) is 5.91 Å². The SMILES string of the molecule is CC(C(=O)N1CCSCC1CC(=O)O)c1cccc(Cl)c1. The molecule has 0 saturated carbocycles. The number of hydrogen-bond donors (Lipinski definition) is 1. The molecule has 0 aromatic heterocycles. The van der Waals surface area contributed by atoms with Crippen molar-refractivity contribution in [2.45, 2.75) is 25.3 Å². The molecule has 1 saturated heterocycles. The third-order valence-electron chi connectivity index (χ3n) is 3.64. The third-order valence-corrected chi connectivity index (χ3v) is 4.97. The maximum Gasteiger partial charge on any atom is 0.305 e. The van der Waals surface area contributed by atoms with Gasteiger partial charge in [-0.1, -0.05) is 23.7 Å². The molecule has 0 aliphatic carbocycles. The molecule has 114 valence electrons. The zero-order valence-corrected chi connectivity index (χ0v) is 13.4. The van der Waals surface area contributed by atoms with Crippen LogP contribution in [0.2, 0.25) is 5.02 Å². The van der Waals surface area contributed by atoms with Crippen LogP contribution in [-0.4, -0.2) is 46.0 Å². The van der Waals surface area contributed by atoms with Gasteiger partial charge in [0.15, 0.2) is 0 Å². The molecule has 0 spiro atoms. The van der Waals surface area contributed by atoms with Gasteiger partial charge < -0.3 is 10.0 Å². The van der Waals surface area contributed by atoms with E-state index in [2.05, 4.69) is 0 Å². The number of amides is 1. The number of carboxylic acids is 1. The maximum absolute atomic E-state index is 12.7. The zero-order valence-electron chi connectivity index (χ0n) is 11.8.